The topological polar surface area (TPSA) is 35.3 Å². The van der Waals surface area contributed by atoms with E-state index in [0.29, 0.717) is 5.92 Å². The van der Waals surface area contributed by atoms with E-state index in [2.05, 4.69) is 34.9 Å². The van der Waals surface area contributed by atoms with Crippen molar-refractivity contribution in [2.24, 2.45) is 5.92 Å². The van der Waals surface area contributed by atoms with Crippen molar-refractivity contribution in [1.29, 1.82) is 0 Å². The lowest BCUT2D eigenvalue weighted by Crippen LogP contribution is -2.05. The second-order valence-corrected chi connectivity index (χ2v) is 5.63. The highest BCUT2D eigenvalue weighted by Crippen LogP contribution is 2.29. The zero-order valence-corrected chi connectivity index (χ0v) is 12.6. The van der Waals surface area contributed by atoms with Gasteiger partial charge in [-0.3, -0.25) is 0 Å². The zero-order chi connectivity index (χ0) is 13.1. The largest absolute Gasteiger partial charge is 0.493 e. The van der Waals surface area contributed by atoms with Crippen LogP contribution in [0.3, 0.4) is 0 Å². The minimum absolute atomic E-state index is 0.513. The number of aryl methyl sites for hydroxylation is 2. The van der Waals surface area contributed by atoms with Crippen LogP contribution < -0.4 is 4.74 Å². The molecule has 0 aliphatic heterocycles. The van der Waals surface area contributed by atoms with E-state index < -0.39 is 0 Å². The molecule has 0 saturated carbocycles. The maximum absolute atomic E-state index is 5.78. The fourth-order valence-electron chi connectivity index (χ4n) is 1.85. The molecule has 18 heavy (non-hydrogen) atoms. The molecule has 98 valence electrons. The van der Waals surface area contributed by atoms with Gasteiger partial charge in [-0.15, -0.1) is 0 Å². The predicted octanol–water partition coefficient (Wildman–Crippen LogP) is 4.11. The summed E-state index contributed by atoms with van der Waals surface area (Å²) in [4.78, 5) is 0. The quantitative estimate of drug-likeness (QED) is 0.779. The van der Waals surface area contributed by atoms with Gasteiger partial charge in [0.05, 0.1) is 12.3 Å². The second-order valence-electron chi connectivity index (χ2n) is 4.84. The molecule has 0 atom stereocenters. The Kier molecular flexibility index (Phi) is 4.27. The van der Waals surface area contributed by atoms with Crippen molar-refractivity contribution < 1.29 is 9.26 Å². The molecule has 0 N–H and O–H groups in total. The Bertz CT molecular complexity index is 534. The van der Waals surface area contributed by atoms with Crippen LogP contribution in [0, 0.1) is 12.8 Å². The summed E-state index contributed by atoms with van der Waals surface area (Å²) in [6.45, 7) is 7.00. The van der Waals surface area contributed by atoms with Gasteiger partial charge in [0.2, 0.25) is 0 Å². The van der Waals surface area contributed by atoms with E-state index in [0.717, 1.165) is 46.3 Å². The molecule has 0 fully saturated rings. The minimum atomic E-state index is 0.513. The van der Waals surface area contributed by atoms with Crippen LogP contribution in [0.15, 0.2) is 16.7 Å². The molecule has 0 unspecified atom stereocenters. The highest BCUT2D eigenvalue weighted by atomic mass is 79.9. The number of hydrogen-bond acceptors (Lipinski definition) is 3. The molecule has 0 amide bonds. The predicted molar refractivity (Wildman–Crippen MR) is 76.6 cm³/mol. The Morgan fingerprint density at radius 2 is 2.17 bits per heavy atom. The maximum atomic E-state index is 5.78. The van der Waals surface area contributed by atoms with Gasteiger partial charge in [-0.25, -0.2) is 0 Å². The fourth-order valence-corrected chi connectivity index (χ4v) is 2.23. The van der Waals surface area contributed by atoms with Gasteiger partial charge in [0.15, 0.2) is 5.58 Å². The highest BCUT2D eigenvalue weighted by molar-refractivity contribution is 9.09. The molecule has 1 aromatic carbocycles. The molecule has 3 nitrogen and oxygen atoms in total. The molecule has 0 saturated heterocycles. The molecular weight excluding hydrogens is 294 g/mol. The molecule has 2 aromatic rings. The first-order valence-corrected chi connectivity index (χ1v) is 7.32. The smallest absolute Gasteiger partial charge is 0.173 e. The first-order chi connectivity index (χ1) is 8.63. The maximum Gasteiger partial charge on any atom is 0.173 e. The normalized spacial score (nSPS) is 11.4. The van der Waals surface area contributed by atoms with Crippen LogP contribution in [-0.2, 0) is 6.42 Å². The minimum Gasteiger partial charge on any atom is -0.493 e. The van der Waals surface area contributed by atoms with Gasteiger partial charge in [0.1, 0.15) is 5.75 Å². The SMILES string of the molecule is Cc1c(OCC(C)C)ccc2c(CCBr)noc12. The summed E-state index contributed by atoms with van der Waals surface area (Å²) in [7, 11) is 0. The van der Waals surface area contributed by atoms with Gasteiger partial charge in [-0.1, -0.05) is 34.9 Å². The summed E-state index contributed by atoms with van der Waals surface area (Å²) in [5, 5.41) is 6.10. The van der Waals surface area contributed by atoms with E-state index in [1.807, 2.05) is 19.1 Å². The lowest BCUT2D eigenvalue weighted by molar-refractivity contribution is 0.269. The van der Waals surface area contributed by atoms with E-state index in [9.17, 15) is 0 Å². The van der Waals surface area contributed by atoms with Crippen LogP contribution in [0.25, 0.3) is 11.0 Å². The summed E-state index contributed by atoms with van der Waals surface area (Å²) in [5.41, 5.74) is 2.87. The van der Waals surface area contributed by atoms with Crippen LogP contribution in [-0.4, -0.2) is 17.1 Å². The summed E-state index contributed by atoms with van der Waals surface area (Å²) in [6.07, 6.45) is 0.874. The number of fused-ring (bicyclic) bond motifs is 1. The number of nitrogens with zero attached hydrogens (tertiary/aromatic N) is 1. The van der Waals surface area contributed by atoms with Gasteiger partial charge in [0.25, 0.3) is 0 Å². The van der Waals surface area contributed by atoms with Crippen molar-refractivity contribution in [1.82, 2.24) is 5.16 Å². The first-order valence-electron chi connectivity index (χ1n) is 6.20. The van der Waals surface area contributed by atoms with Crippen molar-refractivity contribution in [3.05, 3.63) is 23.4 Å². The first kappa shape index (κ1) is 13.4. The molecule has 4 heteroatoms. The van der Waals surface area contributed by atoms with Gasteiger partial charge >= 0.3 is 0 Å². The lowest BCUT2D eigenvalue weighted by Gasteiger charge is -2.10. The fraction of sp³-hybridized carbons (Fsp3) is 0.500. The molecule has 1 aromatic heterocycles. The van der Waals surface area contributed by atoms with Crippen molar-refractivity contribution in [2.45, 2.75) is 27.2 Å². The number of hydrogen-bond donors (Lipinski definition) is 0. The molecule has 1 heterocycles. The number of ether oxygens (including phenoxy) is 1. The van der Waals surface area contributed by atoms with Crippen molar-refractivity contribution in [2.75, 3.05) is 11.9 Å². The van der Waals surface area contributed by atoms with E-state index in [-0.39, 0.29) is 0 Å². The van der Waals surface area contributed by atoms with E-state index in [1.54, 1.807) is 0 Å². The van der Waals surface area contributed by atoms with Crippen LogP contribution in [0.2, 0.25) is 0 Å². The van der Waals surface area contributed by atoms with Gasteiger partial charge < -0.3 is 9.26 Å². The molecule has 0 bridgehead atoms. The van der Waals surface area contributed by atoms with E-state index in [1.165, 1.54) is 0 Å². The van der Waals surface area contributed by atoms with Crippen LogP contribution in [0.1, 0.15) is 25.1 Å². The third-order valence-corrected chi connectivity index (χ3v) is 3.21. The Labute approximate surface area is 116 Å². The lowest BCUT2D eigenvalue weighted by atomic mass is 10.1. The molecular formula is C14H18BrNO2. The third-order valence-electron chi connectivity index (χ3n) is 2.82. The van der Waals surface area contributed by atoms with E-state index in [4.69, 9.17) is 9.26 Å². The molecule has 0 radical (unpaired) electrons. The standard InChI is InChI=1S/C14H18BrNO2/c1-9(2)8-17-13-5-4-11-12(6-7-15)16-18-14(11)10(13)3/h4-5,9H,6-8H2,1-3H3. The molecule has 0 spiro atoms. The van der Waals surface area contributed by atoms with Gasteiger partial charge in [-0.05, 0) is 25.0 Å². The zero-order valence-electron chi connectivity index (χ0n) is 11.0. The summed E-state index contributed by atoms with van der Waals surface area (Å²) in [5.74, 6) is 1.40. The van der Waals surface area contributed by atoms with Crippen molar-refractivity contribution in [3.8, 4) is 5.75 Å². The second kappa shape index (κ2) is 5.74. The van der Waals surface area contributed by atoms with Crippen molar-refractivity contribution in [3.63, 3.8) is 0 Å². The molecule has 0 aliphatic carbocycles. The van der Waals surface area contributed by atoms with Crippen LogP contribution in [0.5, 0.6) is 5.75 Å². The van der Waals surface area contributed by atoms with Crippen LogP contribution in [0.4, 0.5) is 0 Å². The number of halogens is 1. The number of rotatable bonds is 5. The highest BCUT2D eigenvalue weighted by Gasteiger charge is 2.13. The van der Waals surface area contributed by atoms with Crippen LogP contribution >= 0.6 is 15.9 Å². The number of alkyl halides is 1. The number of aromatic nitrogens is 1. The average molecular weight is 312 g/mol. The monoisotopic (exact) mass is 311 g/mol. The summed E-state index contributed by atoms with van der Waals surface area (Å²) < 4.78 is 11.2. The Hall–Kier alpha value is -1.03. The average Bonchev–Trinajstić information content (AvgIpc) is 2.73. The Morgan fingerprint density at radius 1 is 1.39 bits per heavy atom. The Balaban J connectivity index is 2.33. The third kappa shape index (κ3) is 2.69. The number of benzene rings is 1. The summed E-state index contributed by atoms with van der Waals surface area (Å²) in [6, 6.07) is 4.04. The molecule has 0 aliphatic rings. The van der Waals surface area contributed by atoms with E-state index >= 15 is 0 Å². The Morgan fingerprint density at radius 3 is 2.83 bits per heavy atom. The van der Waals surface area contributed by atoms with Gasteiger partial charge in [0, 0.05) is 22.7 Å². The summed E-state index contributed by atoms with van der Waals surface area (Å²) >= 11 is 3.42. The molecule has 2 rings (SSSR count). The van der Waals surface area contributed by atoms with Crippen molar-refractivity contribution >= 4 is 26.9 Å². The van der Waals surface area contributed by atoms with Gasteiger partial charge in [-0.2, -0.15) is 0 Å².